The molecule has 0 N–H and O–H groups in total. The molecule has 0 bridgehead atoms. The van der Waals surface area contributed by atoms with Crippen LogP contribution in [0.25, 0.3) is 88.0 Å². The van der Waals surface area contributed by atoms with E-state index in [9.17, 15) is 2.74 Å². The molecule has 210 valence electrons. The Hall–Kier alpha value is -5.92. The van der Waals surface area contributed by atoms with E-state index < -0.39 is 0 Å². The predicted molar refractivity (Wildman–Crippen MR) is 190 cm³/mol. The van der Waals surface area contributed by atoms with Crippen LogP contribution in [0.1, 0.15) is 8.22 Å². The zero-order valence-corrected chi connectivity index (χ0v) is 24.1. The van der Waals surface area contributed by atoms with E-state index in [0.717, 1.165) is 43.8 Å². The fourth-order valence-corrected chi connectivity index (χ4v) is 6.43. The molecular formula is C44H28O. The number of furan rings is 1. The predicted octanol–water partition coefficient (Wildman–Crippen LogP) is 12.6. The summed E-state index contributed by atoms with van der Waals surface area (Å²) in [5.41, 5.74) is 6.07. The molecule has 1 nitrogen and oxygen atoms in total. The van der Waals surface area contributed by atoms with Crippen molar-refractivity contribution in [2.75, 3.05) is 0 Å². The Morgan fingerprint density at radius 2 is 0.778 bits per heavy atom. The zero-order valence-electron chi connectivity index (χ0n) is 30.1. The first kappa shape index (κ1) is 20.1. The molecule has 9 rings (SSSR count). The molecule has 0 fully saturated rings. The standard InChI is InChI=1S/C44H28O/c1-3-11-29(12-4-1)31-19-21-32(22-20-31)43-36-15-7-9-17-38(36)44(39-18-10-8-16-37(39)43)34-24-26-41-40(27-34)35-25-23-33(28-42(35)45-41)30-13-5-2-6-14-30/h1-28H/i23D,24D,25D,26D,27D,28D. The summed E-state index contributed by atoms with van der Waals surface area (Å²) in [6.07, 6.45) is 0. The third-order valence-electron chi connectivity index (χ3n) is 8.53. The molecule has 9 aromatic rings. The summed E-state index contributed by atoms with van der Waals surface area (Å²) in [7, 11) is 0. The van der Waals surface area contributed by atoms with E-state index >= 15 is 0 Å². The second-order valence-electron chi connectivity index (χ2n) is 11.2. The Bertz CT molecular complexity index is 2790. The topological polar surface area (TPSA) is 13.1 Å². The van der Waals surface area contributed by atoms with Crippen molar-refractivity contribution >= 4 is 43.5 Å². The Morgan fingerprint density at radius 3 is 1.38 bits per heavy atom. The summed E-state index contributed by atoms with van der Waals surface area (Å²) in [6, 6.07) is 42.8. The molecule has 1 heterocycles. The van der Waals surface area contributed by atoms with Crippen molar-refractivity contribution in [2.24, 2.45) is 0 Å². The molecule has 1 heteroatoms. The van der Waals surface area contributed by atoms with Gasteiger partial charge in [-0.3, -0.25) is 0 Å². The lowest BCUT2D eigenvalue weighted by Gasteiger charge is -2.18. The fraction of sp³-hybridized carbons (Fsp3) is 0. The van der Waals surface area contributed by atoms with Gasteiger partial charge in [0.1, 0.15) is 11.2 Å². The smallest absolute Gasteiger partial charge is 0.136 e. The highest BCUT2D eigenvalue weighted by Gasteiger charge is 2.18. The minimum Gasteiger partial charge on any atom is -0.456 e. The van der Waals surface area contributed by atoms with E-state index in [2.05, 4.69) is 48.5 Å². The van der Waals surface area contributed by atoms with Gasteiger partial charge in [0.25, 0.3) is 0 Å². The van der Waals surface area contributed by atoms with Crippen molar-refractivity contribution in [2.45, 2.75) is 0 Å². The van der Waals surface area contributed by atoms with Gasteiger partial charge in [-0.2, -0.15) is 0 Å². The largest absolute Gasteiger partial charge is 0.456 e. The molecule has 0 saturated carbocycles. The van der Waals surface area contributed by atoms with Gasteiger partial charge in [0, 0.05) is 10.8 Å². The minimum atomic E-state index is -0.229. The first-order valence-corrected chi connectivity index (χ1v) is 15.0. The first-order chi connectivity index (χ1) is 24.8. The molecule has 0 amide bonds. The highest BCUT2D eigenvalue weighted by atomic mass is 16.3. The maximum atomic E-state index is 9.67. The van der Waals surface area contributed by atoms with Crippen LogP contribution < -0.4 is 0 Å². The van der Waals surface area contributed by atoms with E-state index in [1.54, 1.807) is 12.1 Å². The quantitative estimate of drug-likeness (QED) is 0.189. The highest BCUT2D eigenvalue weighted by Crippen LogP contribution is 2.45. The SMILES string of the molecule is [2H]c1c(-c2c3ccccc3c(-c3ccc(-c4ccccc4)cc3)c3ccccc23)c([2H])c2c(oc3c([2H])c(-c4ccccc4)c([2H])c([2H])c32)c1[2H]. The molecule has 0 unspecified atom stereocenters. The number of hydrogen-bond donors (Lipinski definition) is 0. The molecule has 1 aromatic heterocycles. The Kier molecular flexibility index (Phi) is 4.63. The van der Waals surface area contributed by atoms with E-state index in [1.165, 1.54) is 0 Å². The van der Waals surface area contributed by atoms with Crippen LogP contribution in [0.15, 0.2) is 174 Å². The van der Waals surface area contributed by atoms with E-state index in [-0.39, 0.29) is 69.3 Å². The van der Waals surface area contributed by atoms with Crippen molar-refractivity contribution < 1.29 is 12.6 Å². The molecule has 8 aromatic carbocycles. The second-order valence-corrected chi connectivity index (χ2v) is 11.2. The molecule has 0 saturated heterocycles. The Morgan fingerprint density at radius 1 is 0.311 bits per heavy atom. The van der Waals surface area contributed by atoms with Crippen LogP contribution in [-0.4, -0.2) is 0 Å². The summed E-state index contributed by atoms with van der Waals surface area (Å²) in [5, 5.41) is 3.84. The Balaban J connectivity index is 1.35. The maximum absolute atomic E-state index is 9.67. The maximum Gasteiger partial charge on any atom is 0.136 e. The van der Waals surface area contributed by atoms with Crippen LogP contribution in [0.4, 0.5) is 0 Å². The van der Waals surface area contributed by atoms with Gasteiger partial charge in [0.15, 0.2) is 0 Å². The molecule has 0 spiro atoms. The number of fused-ring (bicyclic) bond motifs is 5. The number of rotatable bonds is 4. The second kappa shape index (κ2) is 10.4. The minimum absolute atomic E-state index is 0.0286. The van der Waals surface area contributed by atoms with Gasteiger partial charge in [-0.25, -0.2) is 0 Å². The fourth-order valence-electron chi connectivity index (χ4n) is 6.43. The normalized spacial score (nSPS) is 13.4. The third kappa shape index (κ3) is 4.24. The molecular weight excluding hydrogens is 544 g/mol. The molecule has 0 aliphatic rings. The summed E-state index contributed by atoms with van der Waals surface area (Å²) in [4.78, 5) is 0. The van der Waals surface area contributed by atoms with Crippen LogP contribution in [0.3, 0.4) is 0 Å². The molecule has 0 radical (unpaired) electrons. The van der Waals surface area contributed by atoms with E-state index in [1.807, 2.05) is 72.8 Å². The number of benzene rings is 8. The zero-order chi connectivity index (χ0) is 35.0. The van der Waals surface area contributed by atoms with Gasteiger partial charge < -0.3 is 4.42 Å². The van der Waals surface area contributed by atoms with Crippen LogP contribution in [0.5, 0.6) is 0 Å². The third-order valence-corrected chi connectivity index (χ3v) is 8.53. The monoisotopic (exact) mass is 578 g/mol. The van der Waals surface area contributed by atoms with E-state index in [4.69, 9.17) is 9.90 Å². The van der Waals surface area contributed by atoms with Gasteiger partial charge in [0.05, 0.1) is 8.22 Å². The molecule has 0 aliphatic heterocycles. The van der Waals surface area contributed by atoms with Gasteiger partial charge in [-0.15, -0.1) is 0 Å². The molecule has 0 aliphatic carbocycles. The average molecular weight is 579 g/mol. The van der Waals surface area contributed by atoms with Crippen LogP contribution in [-0.2, 0) is 0 Å². The molecule has 0 atom stereocenters. The molecule has 45 heavy (non-hydrogen) atoms. The summed E-state index contributed by atoms with van der Waals surface area (Å²) in [6.45, 7) is 0. The first-order valence-electron chi connectivity index (χ1n) is 18.0. The van der Waals surface area contributed by atoms with Crippen molar-refractivity contribution in [3.05, 3.63) is 170 Å². The van der Waals surface area contributed by atoms with Crippen LogP contribution >= 0.6 is 0 Å². The summed E-state index contributed by atoms with van der Waals surface area (Å²) < 4.78 is 61.4. The summed E-state index contributed by atoms with van der Waals surface area (Å²) in [5.74, 6) is 0. The number of hydrogen-bond acceptors (Lipinski definition) is 1. The van der Waals surface area contributed by atoms with Crippen molar-refractivity contribution in [3.8, 4) is 44.5 Å². The summed E-state index contributed by atoms with van der Waals surface area (Å²) >= 11 is 0. The van der Waals surface area contributed by atoms with Gasteiger partial charge in [-0.1, -0.05) is 146 Å². The van der Waals surface area contributed by atoms with E-state index in [0.29, 0.717) is 11.1 Å². The van der Waals surface area contributed by atoms with Crippen LogP contribution in [0.2, 0.25) is 0 Å². The van der Waals surface area contributed by atoms with Gasteiger partial charge >= 0.3 is 0 Å². The lowest BCUT2D eigenvalue weighted by Crippen LogP contribution is -1.91. The van der Waals surface area contributed by atoms with Crippen LogP contribution in [0, 0.1) is 0 Å². The van der Waals surface area contributed by atoms with Crippen molar-refractivity contribution in [1.29, 1.82) is 0 Å². The van der Waals surface area contributed by atoms with Gasteiger partial charge in [0.2, 0.25) is 0 Å². The van der Waals surface area contributed by atoms with Crippen molar-refractivity contribution in [1.82, 2.24) is 0 Å². The van der Waals surface area contributed by atoms with Gasteiger partial charge in [-0.05, 0) is 90.2 Å². The Labute approximate surface area is 270 Å². The lowest BCUT2D eigenvalue weighted by molar-refractivity contribution is 0.669. The average Bonchev–Trinajstić information content (AvgIpc) is 3.59. The lowest BCUT2D eigenvalue weighted by atomic mass is 9.85. The highest BCUT2D eigenvalue weighted by molar-refractivity contribution is 6.22. The van der Waals surface area contributed by atoms with Crippen molar-refractivity contribution in [3.63, 3.8) is 0 Å².